The van der Waals surface area contributed by atoms with E-state index in [4.69, 9.17) is 10.7 Å². The second-order valence-electron chi connectivity index (χ2n) is 6.31. The molecular formula is C17H22BrN5O2S. The van der Waals surface area contributed by atoms with E-state index in [1.807, 2.05) is 18.2 Å². The van der Waals surface area contributed by atoms with E-state index in [1.165, 1.54) is 0 Å². The van der Waals surface area contributed by atoms with Crippen LogP contribution in [0.4, 0.5) is 5.82 Å². The second-order valence-corrected chi connectivity index (χ2v) is 9.05. The maximum Gasteiger partial charge on any atom is 0.208 e. The number of aromatic nitrogens is 3. The Kier molecular flexibility index (Phi) is 5.50. The summed E-state index contributed by atoms with van der Waals surface area (Å²) in [5.74, 6) is 1.29. The lowest BCUT2D eigenvalue weighted by Gasteiger charge is -2.11. The third-order valence-electron chi connectivity index (χ3n) is 4.20. The van der Waals surface area contributed by atoms with Crippen molar-refractivity contribution in [3.8, 4) is 0 Å². The van der Waals surface area contributed by atoms with Crippen molar-refractivity contribution in [3.05, 3.63) is 28.5 Å². The Bertz CT molecular complexity index is 1060. The number of nitrogen functional groups attached to an aromatic ring is 1. The van der Waals surface area contributed by atoms with Crippen LogP contribution in [0.3, 0.4) is 0 Å². The van der Waals surface area contributed by atoms with Crippen LogP contribution in [0, 0.1) is 0 Å². The summed E-state index contributed by atoms with van der Waals surface area (Å²) < 4.78 is 28.4. The number of pyridine rings is 1. The molecule has 3 aromatic rings. The number of nitrogens with zero attached hydrogens (tertiary/aromatic N) is 3. The topological polar surface area (TPSA) is 103 Å². The summed E-state index contributed by atoms with van der Waals surface area (Å²) in [6, 6.07) is 5.86. The Morgan fingerprint density at radius 2 is 2.08 bits per heavy atom. The molecule has 7 nitrogen and oxygen atoms in total. The van der Waals surface area contributed by atoms with Gasteiger partial charge in [0.05, 0.1) is 17.3 Å². The standard InChI is InChI=1S/C17H22BrN5O2S/c1-3-4-5-14-22-15-16(23(14)9-8-20-26(2,24)25)12-7-6-11(18)10-13(12)21-17(15)19/h6-7,10,20H,3-5,8-9H2,1-2H3,(H2,19,21). The molecule has 0 amide bonds. The number of nitrogens with two attached hydrogens (primary N) is 1. The largest absolute Gasteiger partial charge is 0.382 e. The lowest BCUT2D eigenvalue weighted by Crippen LogP contribution is -2.26. The summed E-state index contributed by atoms with van der Waals surface area (Å²) in [5, 5.41) is 0.951. The Labute approximate surface area is 161 Å². The van der Waals surface area contributed by atoms with Gasteiger partial charge >= 0.3 is 0 Å². The zero-order valence-electron chi connectivity index (χ0n) is 14.8. The highest BCUT2D eigenvalue weighted by molar-refractivity contribution is 9.10. The number of nitrogens with one attached hydrogen (secondary N) is 1. The van der Waals surface area contributed by atoms with Crippen LogP contribution in [0.25, 0.3) is 21.9 Å². The summed E-state index contributed by atoms with van der Waals surface area (Å²) in [7, 11) is -3.24. The molecule has 0 saturated carbocycles. The number of anilines is 1. The molecule has 0 atom stereocenters. The van der Waals surface area contributed by atoms with Crippen LogP contribution in [0.1, 0.15) is 25.6 Å². The molecule has 3 N–H and O–H groups in total. The number of benzene rings is 1. The minimum absolute atomic E-state index is 0.295. The predicted octanol–water partition coefficient (Wildman–Crippen LogP) is 2.82. The molecular weight excluding hydrogens is 418 g/mol. The third-order valence-corrected chi connectivity index (χ3v) is 5.42. The molecule has 0 bridgehead atoms. The van der Waals surface area contributed by atoms with Crippen LogP contribution in [0.2, 0.25) is 0 Å². The molecule has 2 aromatic heterocycles. The van der Waals surface area contributed by atoms with Crippen LogP contribution in [-0.4, -0.2) is 35.8 Å². The van der Waals surface area contributed by atoms with Crippen molar-refractivity contribution in [3.63, 3.8) is 0 Å². The number of rotatable bonds is 7. The zero-order chi connectivity index (χ0) is 18.9. The van der Waals surface area contributed by atoms with E-state index in [0.717, 1.165) is 52.2 Å². The number of unbranched alkanes of at least 4 members (excludes halogenated alkanes) is 1. The van der Waals surface area contributed by atoms with Crippen molar-refractivity contribution in [1.82, 2.24) is 19.3 Å². The SMILES string of the molecule is CCCCc1nc2c(N)nc3cc(Br)ccc3c2n1CCNS(C)(=O)=O. The Balaban J connectivity index is 2.17. The highest BCUT2D eigenvalue weighted by Crippen LogP contribution is 2.30. The first kappa shape index (κ1) is 19.1. The fourth-order valence-corrected chi connectivity index (χ4v) is 3.85. The second kappa shape index (κ2) is 7.50. The molecule has 0 aliphatic carbocycles. The number of imidazole rings is 1. The fraction of sp³-hybridized carbons (Fsp3) is 0.412. The first-order valence-corrected chi connectivity index (χ1v) is 11.2. The average molecular weight is 440 g/mol. The van der Waals surface area contributed by atoms with Gasteiger partial charge in [0.25, 0.3) is 0 Å². The van der Waals surface area contributed by atoms with E-state index < -0.39 is 10.0 Å². The summed E-state index contributed by atoms with van der Waals surface area (Å²) in [6.07, 6.45) is 4.01. The number of aryl methyl sites for hydroxylation is 1. The third kappa shape index (κ3) is 3.99. The fourth-order valence-electron chi connectivity index (χ4n) is 3.04. The van der Waals surface area contributed by atoms with Crippen LogP contribution in [-0.2, 0) is 23.0 Å². The number of halogens is 1. The van der Waals surface area contributed by atoms with Gasteiger partial charge in [-0.3, -0.25) is 0 Å². The highest BCUT2D eigenvalue weighted by Gasteiger charge is 2.17. The average Bonchev–Trinajstić information content (AvgIpc) is 2.91. The van der Waals surface area contributed by atoms with Gasteiger partial charge < -0.3 is 10.3 Å². The molecule has 1 aromatic carbocycles. The first-order valence-electron chi connectivity index (χ1n) is 8.48. The van der Waals surface area contributed by atoms with E-state index in [9.17, 15) is 8.42 Å². The summed E-state index contributed by atoms with van der Waals surface area (Å²) in [5.41, 5.74) is 8.52. The Hall–Kier alpha value is -1.71. The maximum absolute atomic E-state index is 11.4. The van der Waals surface area contributed by atoms with Gasteiger partial charge in [-0.05, 0) is 24.6 Å². The van der Waals surface area contributed by atoms with E-state index in [-0.39, 0.29) is 0 Å². The molecule has 0 fully saturated rings. The van der Waals surface area contributed by atoms with Crippen LogP contribution in [0.15, 0.2) is 22.7 Å². The molecule has 0 saturated heterocycles. The van der Waals surface area contributed by atoms with Gasteiger partial charge in [-0.1, -0.05) is 29.3 Å². The van der Waals surface area contributed by atoms with Crippen molar-refractivity contribution in [2.45, 2.75) is 32.7 Å². The predicted molar refractivity (Wildman–Crippen MR) is 109 cm³/mol. The summed E-state index contributed by atoms with van der Waals surface area (Å²) in [6.45, 7) is 2.90. The number of hydrogen-bond acceptors (Lipinski definition) is 5. The zero-order valence-corrected chi connectivity index (χ0v) is 17.2. The molecule has 140 valence electrons. The summed E-state index contributed by atoms with van der Waals surface area (Å²) >= 11 is 3.46. The van der Waals surface area contributed by atoms with Crippen molar-refractivity contribution < 1.29 is 8.42 Å². The van der Waals surface area contributed by atoms with E-state index in [2.05, 4.69) is 37.1 Å². The molecule has 2 heterocycles. The Morgan fingerprint density at radius 1 is 1.31 bits per heavy atom. The lowest BCUT2D eigenvalue weighted by atomic mass is 10.2. The molecule has 0 radical (unpaired) electrons. The number of hydrogen-bond donors (Lipinski definition) is 2. The molecule has 9 heteroatoms. The van der Waals surface area contributed by atoms with Gasteiger partial charge in [-0.2, -0.15) is 0 Å². The Morgan fingerprint density at radius 3 is 2.77 bits per heavy atom. The van der Waals surface area contributed by atoms with Crippen molar-refractivity contribution in [2.75, 3.05) is 18.5 Å². The highest BCUT2D eigenvalue weighted by atomic mass is 79.9. The molecule has 3 rings (SSSR count). The van der Waals surface area contributed by atoms with Crippen molar-refractivity contribution in [1.29, 1.82) is 0 Å². The normalized spacial score (nSPS) is 12.3. The molecule has 0 unspecified atom stereocenters. The minimum atomic E-state index is -3.24. The van der Waals surface area contributed by atoms with E-state index >= 15 is 0 Å². The summed E-state index contributed by atoms with van der Waals surface area (Å²) in [4.78, 5) is 9.20. The first-order chi connectivity index (χ1) is 12.3. The molecule has 0 aliphatic rings. The molecule has 0 spiro atoms. The van der Waals surface area contributed by atoms with Gasteiger partial charge in [0.2, 0.25) is 10.0 Å². The van der Waals surface area contributed by atoms with Crippen LogP contribution < -0.4 is 10.5 Å². The molecule has 0 aliphatic heterocycles. The lowest BCUT2D eigenvalue weighted by molar-refractivity contribution is 0.575. The molecule has 26 heavy (non-hydrogen) atoms. The number of fused-ring (bicyclic) bond motifs is 3. The van der Waals surface area contributed by atoms with Gasteiger partial charge in [0, 0.05) is 29.4 Å². The van der Waals surface area contributed by atoms with Gasteiger partial charge in [0.15, 0.2) is 5.82 Å². The minimum Gasteiger partial charge on any atom is -0.382 e. The van der Waals surface area contributed by atoms with E-state index in [1.54, 1.807) is 0 Å². The quantitative estimate of drug-likeness (QED) is 0.588. The van der Waals surface area contributed by atoms with Gasteiger partial charge in [-0.15, -0.1) is 0 Å². The monoisotopic (exact) mass is 439 g/mol. The van der Waals surface area contributed by atoms with Crippen LogP contribution in [0.5, 0.6) is 0 Å². The maximum atomic E-state index is 11.4. The van der Waals surface area contributed by atoms with Crippen molar-refractivity contribution in [2.24, 2.45) is 0 Å². The number of sulfonamides is 1. The van der Waals surface area contributed by atoms with Crippen LogP contribution >= 0.6 is 15.9 Å². The van der Waals surface area contributed by atoms with Gasteiger partial charge in [0.1, 0.15) is 11.3 Å². The van der Waals surface area contributed by atoms with E-state index in [0.29, 0.717) is 24.4 Å². The smallest absolute Gasteiger partial charge is 0.208 e. The van der Waals surface area contributed by atoms with Gasteiger partial charge in [-0.25, -0.2) is 23.1 Å². The van der Waals surface area contributed by atoms with Crippen molar-refractivity contribution >= 4 is 53.7 Å².